The first-order valence-electron chi connectivity index (χ1n) is 7.75. The van der Waals surface area contributed by atoms with Gasteiger partial charge in [0.25, 0.3) is 0 Å². The minimum absolute atomic E-state index is 0.344. The van der Waals surface area contributed by atoms with E-state index in [9.17, 15) is 0 Å². The van der Waals surface area contributed by atoms with Crippen LogP contribution >= 0.6 is 0 Å². The summed E-state index contributed by atoms with van der Waals surface area (Å²) in [6.45, 7) is 7.47. The fourth-order valence-electron chi connectivity index (χ4n) is 2.87. The highest BCUT2D eigenvalue weighted by Gasteiger charge is 2.17. The van der Waals surface area contributed by atoms with Crippen LogP contribution in [0.1, 0.15) is 48.5 Å². The van der Waals surface area contributed by atoms with Gasteiger partial charge in [-0.3, -0.25) is 9.36 Å². The molecule has 0 aliphatic rings. The molecule has 0 radical (unpaired) electrons. The summed E-state index contributed by atoms with van der Waals surface area (Å²) in [6, 6.07) is 2.45. The topological polar surface area (TPSA) is 47.7 Å². The zero-order chi connectivity index (χ0) is 15.4. The summed E-state index contributed by atoms with van der Waals surface area (Å²) < 4.78 is 3.94. The molecule has 2 heterocycles. The molecule has 5 nitrogen and oxygen atoms in total. The third-order valence-corrected chi connectivity index (χ3v) is 4.20. The third kappa shape index (κ3) is 3.53. The van der Waals surface area contributed by atoms with Gasteiger partial charge in [-0.05, 0) is 51.3 Å². The third-order valence-electron chi connectivity index (χ3n) is 4.20. The lowest BCUT2D eigenvalue weighted by molar-refractivity contribution is 0.467. The van der Waals surface area contributed by atoms with Crippen LogP contribution in [0.4, 0.5) is 0 Å². The Morgan fingerprint density at radius 2 is 2.00 bits per heavy atom. The largest absolute Gasteiger partial charge is 0.309 e. The van der Waals surface area contributed by atoms with E-state index in [1.807, 2.05) is 29.7 Å². The second-order valence-electron chi connectivity index (χ2n) is 5.70. The molecule has 0 aromatic carbocycles. The highest BCUT2D eigenvalue weighted by atomic mass is 15.3. The second kappa shape index (κ2) is 6.89. The van der Waals surface area contributed by atoms with E-state index in [0.29, 0.717) is 6.04 Å². The first-order chi connectivity index (χ1) is 10.0. The van der Waals surface area contributed by atoms with E-state index in [4.69, 9.17) is 0 Å². The molecule has 1 atom stereocenters. The molecule has 2 rings (SSSR count). The first-order valence-corrected chi connectivity index (χ1v) is 7.75. The summed E-state index contributed by atoms with van der Waals surface area (Å²) in [6.07, 6.45) is 5.11. The highest BCUT2D eigenvalue weighted by molar-refractivity contribution is 5.25. The Bertz CT molecular complexity index is 582. The van der Waals surface area contributed by atoms with Gasteiger partial charge in [-0.15, -0.1) is 0 Å². The van der Waals surface area contributed by atoms with Gasteiger partial charge in [0, 0.05) is 32.0 Å². The maximum absolute atomic E-state index is 4.51. The molecule has 21 heavy (non-hydrogen) atoms. The number of nitrogens with zero attached hydrogens (tertiary/aromatic N) is 4. The molecule has 1 unspecified atom stereocenters. The molecule has 5 heteroatoms. The van der Waals surface area contributed by atoms with E-state index >= 15 is 0 Å². The van der Waals surface area contributed by atoms with Crippen LogP contribution in [0.25, 0.3) is 0 Å². The molecule has 0 aliphatic heterocycles. The number of aromatic nitrogens is 4. The minimum atomic E-state index is 0.344. The van der Waals surface area contributed by atoms with Crippen molar-refractivity contribution < 1.29 is 0 Å². The number of hydrogen-bond acceptors (Lipinski definition) is 3. The normalized spacial score (nSPS) is 12.8. The molecule has 0 spiro atoms. The summed E-state index contributed by atoms with van der Waals surface area (Å²) >= 11 is 0. The zero-order valence-electron chi connectivity index (χ0n) is 13.8. The number of hydrogen-bond donors (Lipinski definition) is 1. The Kier molecular flexibility index (Phi) is 5.17. The van der Waals surface area contributed by atoms with Crippen molar-refractivity contribution in [3.8, 4) is 0 Å². The van der Waals surface area contributed by atoms with Crippen molar-refractivity contribution in [1.29, 1.82) is 0 Å². The van der Waals surface area contributed by atoms with Crippen LogP contribution in [0.2, 0.25) is 0 Å². The van der Waals surface area contributed by atoms with E-state index in [1.54, 1.807) is 0 Å². The highest BCUT2D eigenvalue weighted by Crippen LogP contribution is 2.21. The van der Waals surface area contributed by atoms with Crippen LogP contribution < -0.4 is 5.32 Å². The van der Waals surface area contributed by atoms with Crippen molar-refractivity contribution in [1.82, 2.24) is 24.9 Å². The Morgan fingerprint density at radius 3 is 2.52 bits per heavy atom. The van der Waals surface area contributed by atoms with Gasteiger partial charge in [0.15, 0.2) is 0 Å². The molecule has 0 amide bonds. The smallest absolute Gasteiger partial charge is 0.0628 e. The van der Waals surface area contributed by atoms with E-state index in [0.717, 1.165) is 31.5 Å². The van der Waals surface area contributed by atoms with Crippen molar-refractivity contribution in [3.63, 3.8) is 0 Å². The van der Waals surface area contributed by atoms with Crippen LogP contribution in [0.5, 0.6) is 0 Å². The summed E-state index contributed by atoms with van der Waals surface area (Å²) in [5.74, 6) is 0. The van der Waals surface area contributed by atoms with Crippen molar-refractivity contribution in [2.75, 3.05) is 6.54 Å². The van der Waals surface area contributed by atoms with Gasteiger partial charge < -0.3 is 5.32 Å². The monoisotopic (exact) mass is 289 g/mol. The quantitative estimate of drug-likeness (QED) is 0.851. The van der Waals surface area contributed by atoms with Crippen molar-refractivity contribution in [2.45, 2.75) is 46.1 Å². The SMILES string of the molecule is CCCNC(CCc1c(C)nn(C)c1C)c1ccnn1C. The fraction of sp³-hybridized carbons (Fsp3) is 0.625. The molecule has 116 valence electrons. The summed E-state index contributed by atoms with van der Waals surface area (Å²) in [5.41, 5.74) is 5.05. The van der Waals surface area contributed by atoms with E-state index < -0.39 is 0 Å². The van der Waals surface area contributed by atoms with Crippen molar-refractivity contribution in [3.05, 3.63) is 34.9 Å². The lowest BCUT2D eigenvalue weighted by Crippen LogP contribution is -2.25. The standard InChI is InChI=1S/C16H27N5/c1-6-10-17-15(16-9-11-18-21(16)5)8-7-14-12(2)19-20(4)13(14)3/h9,11,15,17H,6-8,10H2,1-5H3. The lowest BCUT2D eigenvalue weighted by Gasteiger charge is -2.19. The summed E-state index contributed by atoms with van der Waals surface area (Å²) in [5, 5.41) is 12.5. The van der Waals surface area contributed by atoms with Crippen LogP contribution in [-0.4, -0.2) is 26.1 Å². The molecular weight excluding hydrogens is 262 g/mol. The molecule has 0 fully saturated rings. The van der Waals surface area contributed by atoms with Crippen molar-refractivity contribution in [2.24, 2.45) is 14.1 Å². The van der Waals surface area contributed by atoms with Crippen LogP contribution in [0.15, 0.2) is 12.3 Å². The molecule has 0 bridgehead atoms. The molecule has 0 saturated carbocycles. The van der Waals surface area contributed by atoms with E-state index in [2.05, 4.69) is 42.4 Å². The average molecular weight is 289 g/mol. The van der Waals surface area contributed by atoms with Gasteiger partial charge in [0.2, 0.25) is 0 Å². The van der Waals surface area contributed by atoms with Gasteiger partial charge >= 0.3 is 0 Å². The maximum Gasteiger partial charge on any atom is 0.0628 e. The van der Waals surface area contributed by atoms with Crippen molar-refractivity contribution >= 4 is 0 Å². The van der Waals surface area contributed by atoms with Gasteiger partial charge in [0.05, 0.1) is 11.4 Å². The number of nitrogens with one attached hydrogen (secondary N) is 1. The van der Waals surface area contributed by atoms with Gasteiger partial charge in [0.1, 0.15) is 0 Å². The molecule has 2 aromatic heterocycles. The van der Waals surface area contributed by atoms with Gasteiger partial charge in [-0.25, -0.2) is 0 Å². The van der Waals surface area contributed by atoms with Gasteiger partial charge in [-0.1, -0.05) is 6.92 Å². The number of rotatable bonds is 7. The second-order valence-corrected chi connectivity index (χ2v) is 5.70. The Morgan fingerprint density at radius 1 is 1.24 bits per heavy atom. The molecule has 1 N–H and O–H groups in total. The Balaban J connectivity index is 2.10. The van der Waals surface area contributed by atoms with Crippen LogP contribution in [0.3, 0.4) is 0 Å². The fourth-order valence-corrected chi connectivity index (χ4v) is 2.87. The minimum Gasteiger partial charge on any atom is -0.309 e. The first kappa shape index (κ1) is 15.8. The van der Waals surface area contributed by atoms with Gasteiger partial charge in [-0.2, -0.15) is 10.2 Å². The summed E-state index contributed by atoms with van der Waals surface area (Å²) in [4.78, 5) is 0. The lowest BCUT2D eigenvalue weighted by atomic mass is 10.0. The Labute approximate surface area is 127 Å². The van der Waals surface area contributed by atoms with Crippen LogP contribution in [-0.2, 0) is 20.5 Å². The van der Waals surface area contributed by atoms with E-state index in [1.165, 1.54) is 17.0 Å². The predicted molar refractivity (Wildman–Crippen MR) is 85.2 cm³/mol. The maximum atomic E-state index is 4.51. The molecule has 2 aromatic rings. The predicted octanol–water partition coefficient (Wildman–Crippen LogP) is 2.44. The number of aryl methyl sites for hydroxylation is 3. The van der Waals surface area contributed by atoms with E-state index in [-0.39, 0.29) is 0 Å². The average Bonchev–Trinajstić information content (AvgIpc) is 2.97. The molecular formula is C16H27N5. The summed E-state index contributed by atoms with van der Waals surface area (Å²) in [7, 11) is 4.02. The Hall–Kier alpha value is -1.62. The molecule has 0 saturated heterocycles. The molecule has 0 aliphatic carbocycles. The zero-order valence-corrected chi connectivity index (χ0v) is 13.8. The van der Waals surface area contributed by atoms with Crippen LogP contribution in [0, 0.1) is 13.8 Å².